The van der Waals surface area contributed by atoms with Crippen molar-refractivity contribution >= 4 is 29.3 Å². The van der Waals surface area contributed by atoms with Crippen LogP contribution in [0.15, 0.2) is 18.2 Å². The molecule has 96 valence electrons. The summed E-state index contributed by atoms with van der Waals surface area (Å²) in [5, 5.41) is 0. The van der Waals surface area contributed by atoms with Gasteiger partial charge in [0.05, 0.1) is 18.4 Å². The van der Waals surface area contributed by atoms with Crippen LogP contribution in [-0.2, 0) is 16.0 Å². The highest BCUT2D eigenvalue weighted by Gasteiger charge is 2.25. The number of benzene rings is 1. The van der Waals surface area contributed by atoms with Crippen LogP contribution in [0.25, 0.3) is 0 Å². The third kappa shape index (κ3) is 2.36. The normalized spacial score (nSPS) is 13.3. The maximum atomic E-state index is 11.9. The monoisotopic (exact) mass is 265 g/mol. The van der Waals surface area contributed by atoms with Crippen molar-refractivity contribution in [3.8, 4) is 0 Å². The van der Waals surface area contributed by atoms with Crippen molar-refractivity contribution in [1.29, 1.82) is 0 Å². The minimum Gasteiger partial charge on any atom is -0.465 e. The molecule has 0 radical (unpaired) electrons. The number of anilines is 1. The largest absolute Gasteiger partial charge is 0.465 e. The highest BCUT2D eigenvalue weighted by atomic mass is 32.2. The quantitative estimate of drug-likeness (QED) is 0.781. The first-order chi connectivity index (χ1) is 8.67. The van der Waals surface area contributed by atoms with Crippen LogP contribution in [0, 0.1) is 0 Å². The van der Waals surface area contributed by atoms with Gasteiger partial charge in [-0.3, -0.25) is 4.79 Å². The summed E-state index contributed by atoms with van der Waals surface area (Å²) in [4.78, 5) is 25.1. The van der Waals surface area contributed by atoms with E-state index in [1.807, 2.05) is 18.4 Å². The number of hydrogen-bond donors (Lipinski definition) is 0. The number of carbonyl (C=O) groups excluding carboxylic acids is 2. The van der Waals surface area contributed by atoms with Gasteiger partial charge in [-0.05, 0) is 36.4 Å². The fraction of sp³-hybridized carbons (Fsp3) is 0.385. The Morgan fingerprint density at radius 1 is 1.44 bits per heavy atom. The van der Waals surface area contributed by atoms with E-state index in [1.165, 1.54) is 18.9 Å². The Labute approximate surface area is 110 Å². The molecule has 18 heavy (non-hydrogen) atoms. The van der Waals surface area contributed by atoms with Gasteiger partial charge in [-0.15, -0.1) is 0 Å². The van der Waals surface area contributed by atoms with Crippen LogP contribution in [0.1, 0.15) is 15.9 Å². The van der Waals surface area contributed by atoms with Crippen molar-refractivity contribution in [2.75, 3.05) is 30.6 Å². The molecule has 1 heterocycles. The van der Waals surface area contributed by atoms with Gasteiger partial charge in [-0.1, -0.05) is 0 Å². The summed E-state index contributed by atoms with van der Waals surface area (Å²) in [6.45, 7) is 0.694. The van der Waals surface area contributed by atoms with Crippen LogP contribution in [0.3, 0.4) is 0 Å². The number of ether oxygens (including phenoxy) is 1. The second kappa shape index (κ2) is 5.44. The summed E-state index contributed by atoms with van der Waals surface area (Å²) >= 11 is 1.52. The number of thioether (sulfide) groups is 1. The van der Waals surface area contributed by atoms with E-state index in [0.717, 1.165) is 17.7 Å². The zero-order chi connectivity index (χ0) is 13.1. The van der Waals surface area contributed by atoms with Crippen molar-refractivity contribution < 1.29 is 14.3 Å². The minimum atomic E-state index is -0.341. The van der Waals surface area contributed by atoms with Gasteiger partial charge in [0, 0.05) is 12.2 Å². The van der Waals surface area contributed by atoms with Gasteiger partial charge in [0.25, 0.3) is 0 Å². The molecule has 1 amide bonds. The number of nitrogens with zero attached hydrogens (tertiary/aromatic N) is 1. The number of esters is 1. The predicted molar refractivity (Wildman–Crippen MR) is 72.2 cm³/mol. The van der Waals surface area contributed by atoms with Crippen molar-refractivity contribution in [1.82, 2.24) is 0 Å². The van der Waals surface area contributed by atoms with Gasteiger partial charge >= 0.3 is 5.97 Å². The van der Waals surface area contributed by atoms with E-state index in [-0.39, 0.29) is 11.9 Å². The van der Waals surface area contributed by atoms with Gasteiger partial charge in [-0.25, -0.2) is 4.79 Å². The second-order valence-corrected chi connectivity index (χ2v) is 4.93. The maximum Gasteiger partial charge on any atom is 0.337 e. The average Bonchev–Trinajstić information content (AvgIpc) is 2.80. The lowest BCUT2D eigenvalue weighted by molar-refractivity contribution is -0.116. The summed E-state index contributed by atoms with van der Waals surface area (Å²) in [5.41, 5.74) is 2.49. The van der Waals surface area contributed by atoms with Crippen molar-refractivity contribution in [3.63, 3.8) is 0 Å². The molecule has 0 saturated carbocycles. The topological polar surface area (TPSA) is 46.6 Å². The number of carbonyl (C=O) groups is 2. The predicted octanol–water partition coefficient (Wildman–Crippen LogP) is 1.73. The van der Waals surface area contributed by atoms with E-state index in [1.54, 1.807) is 11.0 Å². The van der Waals surface area contributed by atoms with Crippen molar-refractivity contribution in [2.24, 2.45) is 0 Å². The number of rotatable bonds is 3. The standard InChI is InChI=1S/C13H15NO3S/c1-17-13(16)10-3-4-11-9(7-10)5-6-14(11)12(15)8-18-2/h3-4,7H,5-6,8H2,1-2H3. The van der Waals surface area contributed by atoms with E-state index < -0.39 is 0 Å². The molecule has 0 fully saturated rings. The Kier molecular flexibility index (Phi) is 3.91. The van der Waals surface area contributed by atoms with Crippen LogP contribution in [0.2, 0.25) is 0 Å². The highest BCUT2D eigenvalue weighted by molar-refractivity contribution is 7.99. The molecule has 0 bridgehead atoms. The second-order valence-electron chi connectivity index (χ2n) is 4.06. The summed E-state index contributed by atoms with van der Waals surface area (Å²) in [6.07, 6.45) is 2.70. The zero-order valence-electron chi connectivity index (χ0n) is 10.4. The molecule has 0 aromatic heterocycles. The summed E-state index contributed by atoms with van der Waals surface area (Å²) in [7, 11) is 1.36. The Morgan fingerprint density at radius 2 is 2.22 bits per heavy atom. The van der Waals surface area contributed by atoms with Gasteiger partial charge in [0.1, 0.15) is 0 Å². The third-order valence-electron chi connectivity index (χ3n) is 2.97. The van der Waals surface area contributed by atoms with Crippen LogP contribution in [-0.4, -0.2) is 37.5 Å². The Hall–Kier alpha value is -1.49. The molecule has 0 atom stereocenters. The molecule has 0 unspecified atom stereocenters. The zero-order valence-corrected chi connectivity index (χ0v) is 11.3. The molecule has 1 aromatic carbocycles. The van der Waals surface area contributed by atoms with E-state index >= 15 is 0 Å². The first-order valence-corrected chi connectivity index (χ1v) is 7.07. The first-order valence-electron chi connectivity index (χ1n) is 5.68. The molecule has 1 aromatic rings. The molecule has 2 rings (SSSR count). The molecule has 5 heteroatoms. The summed E-state index contributed by atoms with van der Waals surface area (Å²) in [5.74, 6) is 0.261. The highest BCUT2D eigenvalue weighted by Crippen LogP contribution is 2.29. The molecule has 0 aliphatic carbocycles. The van der Waals surface area contributed by atoms with Crippen molar-refractivity contribution in [2.45, 2.75) is 6.42 Å². The van der Waals surface area contributed by atoms with E-state index in [4.69, 9.17) is 0 Å². The molecule has 0 spiro atoms. The summed E-state index contributed by atoms with van der Waals surface area (Å²) in [6, 6.07) is 5.34. The number of amides is 1. The maximum absolute atomic E-state index is 11.9. The number of fused-ring (bicyclic) bond motifs is 1. The Morgan fingerprint density at radius 3 is 2.89 bits per heavy atom. The number of hydrogen-bond acceptors (Lipinski definition) is 4. The van der Waals surface area contributed by atoms with Crippen molar-refractivity contribution in [3.05, 3.63) is 29.3 Å². The van der Waals surface area contributed by atoms with Crippen LogP contribution in [0.5, 0.6) is 0 Å². The lowest BCUT2D eigenvalue weighted by atomic mass is 10.1. The molecule has 4 nitrogen and oxygen atoms in total. The SMILES string of the molecule is COC(=O)c1ccc2c(c1)CCN2C(=O)CSC. The molecule has 1 aliphatic rings. The molecule has 1 aliphatic heterocycles. The average molecular weight is 265 g/mol. The number of methoxy groups -OCH3 is 1. The molecule has 0 N–H and O–H groups in total. The van der Waals surface area contributed by atoms with Gasteiger partial charge < -0.3 is 9.64 Å². The lowest BCUT2D eigenvalue weighted by Gasteiger charge is -2.16. The minimum absolute atomic E-state index is 0.118. The summed E-state index contributed by atoms with van der Waals surface area (Å²) < 4.78 is 4.69. The van der Waals surface area contributed by atoms with E-state index in [0.29, 0.717) is 17.9 Å². The smallest absolute Gasteiger partial charge is 0.337 e. The van der Waals surface area contributed by atoms with Crippen LogP contribution in [0.4, 0.5) is 5.69 Å². The lowest BCUT2D eigenvalue weighted by Crippen LogP contribution is -2.30. The van der Waals surface area contributed by atoms with Gasteiger partial charge in [0.2, 0.25) is 5.91 Å². The van der Waals surface area contributed by atoms with E-state index in [2.05, 4.69) is 4.74 Å². The third-order valence-corrected chi connectivity index (χ3v) is 3.50. The van der Waals surface area contributed by atoms with Crippen LogP contribution >= 0.6 is 11.8 Å². The van der Waals surface area contributed by atoms with Gasteiger partial charge in [0.15, 0.2) is 0 Å². The first kappa shape index (κ1) is 13.0. The molecular formula is C13H15NO3S. The molecular weight excluding hydrogens is 250 g/mol. The molecule has 0 saturated heterocycles. The Balaban J connectivity index is 2.25. The fourth-order valence-electron chi connectivity index (χ4n) is 2.11. The van der Waals surface area contributed by atoms with Gasteiger partial charge in [-0.2, -0.15) is 11.8 Å². The van der Waals surface area contributed by atoms with Crippen LogP contribution < -0.4 is 4.90 Å². The fourth-order valence-corrected chi connectivity index (χ4v) is 2.51. The van der Waals surface area contributed by atoms with E-state index in [9.17, 15) is 9.59 Å². The Bertz CT molecular complexity index is 487.